The van der Waals surface area contributed by atoms with Gasteiger partial charge < -0.3 is 4.84 Å². The maximum absolute atomic E-state index is 4.63. The Bertz CT molecular complexity index is 374. The second-order valence-electron chi connectivity index (χ2n) is 5.48. The molecule has 1 aliphatic carbocycles. The molecule has 0 spiro atoms. The van der Waals surface area contributed by atoms with Crippen LogP contribution in [0.25, 0.3) is 0 Å². The first kappa shape index (κ1) is 14.1. The molecule has 0 aliphatic heterocycles. The van der Waals surface area contributed by atoms with Crippen molar-refractivity contribution < 1.29 is 4.84 Å². The zero-order chi connectivity index (χ0) is 13.3. The van der Waals surface area contributed by atoms with Gasteiger partial charge in [0.05, 0.1) is 0 Å². The number of unbranched alkanes of at least 4 members (excludes halogenated alkanes) is 4. The largest absolute Gasteiger partial charge is 0.399 e. The third-order valence-electron chi connectivity index (χ3n) is 3.99. The zero-order valence-corrected chi connectivity index (χ0v) is 11.9. The summed E-state index contributed by atoms with van der Waals surface area (Å²) in [5, 5.41) is 3.75. The predicted octanol–water partition coefficient (Wildman–Crippen LogP) is 4.76. The highest BCUT2D eigenvalue weighted by molar-refractivity contribution is 5.55. The van der Waals surface area contributed by atoms with E-state index >= 15 is 0 Å². The van der Waals surface area contributed by atoms with Crippen LogP contribution in [0.5, 0.6) is 0 Å². The molecule has 0 N–H and O–H groups in total. The summed E-state index contributed by atoms with van der Waals surface area (Å²) in [5.41, 5.74) is 1.54. The molecule has 1 fully saturated rings. The lowest BCUT2D eigenvalue weighted by molar-refractivity contribution is 0.214. The van der Waals surface area contributed by atoms with Gasteiger partial charge in [0.2, 0.25) is 0 Å². The van der Waals surface area contributed by atoms with Gasteiger partial charge in [0.1, 0.15) is 7.11 Å². The standard InChI is InChI=1S/C17H25NO/c1-19-18-13-9-4-2-3-6-12-16-14-17(16)15-10-7-5-8-11-15/h5,7-8,10-11,13,16-17H,2-4,6,9,12,14H2,1H3. The Morgan fingerprint density at radius 2 is 1.95 bits per heavy atom. The van der Waals surface area contributed by atoms with Crippen LogP contribution in [0.1, 0.15) is 56.4 Å². The lowest BCUT2D eigenvalue weighted by atomic mass is 10.0. The highest BCUT2D eigenvalue weighted by Gasteiger charge is 2.36. The van der Waals surface area contributed by atoms with E-state index in [2.05, 4.69) is 40.3 Å². The minimum Gasteiger partial charge on any atom is -0.399 e. The van der Waals surface area contributed by atoms with Gasteiger partial charge in [-0.25, -0.2) is 0 Å². The van der Waals surface area contributed by atoms with E-state index in [1.807, 2.05) is 6.21 Å². The second kappa shape index (κ2) is 7.98. The van der Waals surface area contributed by atoms with E-state index in [0.717, 1.165) is 18.3 Å². The first-order valence-electron chi connectivity index (χ1n) is 7.51. The van der Waals surface area contributed by atoms with Gasteiger partial charge in [0, 0.05) is 6.21 Å². The van der Waals surface area contributed by atoms with Gasteiger partial charge >= 0.3 is 0 Å². The van der Waals surface area contributed by atoms with Crippen LogP contribution in [0.4, 0.5) is 0 Å². The summed E-state index contributed by atoms with van der Waals surface area (Å²) in [7, 11) is 1.59. The molecule has 0 aromatic heterocycles. The third-order valence-corrected chi connectivity index (χ3v) is 3.99. The normalized spacial score (nSPS) is 21.7. The molecular weight excluding hydrogens is 234 g/mol. The van der Waals surface area contributed by atoms with Crippen molar-refractivity contribution >= 4 is 6.21 Å². The Labute approximate surface area is 116 Å². The Morgan fingerprint density at radius 1 is 1.16 bits per heavy atom. The van der Waals surface area contributed by atoms with Crippen LogP contribution < -0.4 is 0 Å². The lowest BCUT2D eigenvalue weighted by Gasteiger charge is -2.01. The molecule has 2 heteroatoms. The van der Waals surface area contributed by atoms with E-state index in [1.54, 1.807) is 12.7 Å². The molecule has 0 radical (unpaired) electrons. The topological polar surface area (TPSA) is 21.6 Å². The molecule has 2 rings (SSSR count). The first-order valence-corrected chi connectivity index (χ1v) is 7.51. The molecule has 19 heavy (non-hydrogen) atoms. The number of rotatable bonds is 9. The van der Waals surface area contributed by atoms with Crippen LogP contribution in [0.15, 0.2) is 35.5 Å². The molecule has 1 aliphatic rings. The van der Waals surface area contributed by atoms with Crippen molar-refractivity contribution in [3.63, 3.8) is 0 Å². The van der Waals surface area contributed by atoms with Crippen LogP contribution >= 0.6 is 0 Å². The van der Waals surface area contributed by atoms with Crippen molar-refractivity contribution in [2.75, 3.05) is 7.11 Å². The van der Waals surface area contributed by atoms with Crippen LogP contribution in [0.3, 0.4) is 0 Å². The van der Waals surface area contributed by atoms with Gasteiger partial charge in [-0.05, 0) is 43.1 Å². The van der Waals surface area contributed by atoms with Gasteiger partial charge in [-0.3, -0.25) is 0 Å². The Balaban J connectivity index is 1.49. The Morgan fingerprint density at radius 3 is 2.74 bits per heavy atom. The number of hydrogen-bond acceptors (Lipinski definition) is 2. The third kappa shape index (κ3) is 5.06. The maximum atomic E-state index is 4.63. The minimum atomic E-state index is 0.857. The second-order valence-corrected chi connectivity index (χ2v) is 5.48. The molecule has 1 aromatic carbocycles. The molecule has 1 aromatic rings. The molecule has 0 heterocycles. The lowest BCUT2D eigenvalue weighted by Crippen LogP contribution is -1.86. The Hall–Kier alpha value is -1.31. The van der Waals surface area contributed by atoms with Crippen molar-refractivity contribution in [2.45, 2.75) is 50.9 Å². The van der Waals surface area contributed by atoms with E-state index in [-0.39, 0.29) is 0 Å². The van der Waals surface area contributed by atoms with Crippen molar-refractivity contribution in [3.05, 3.63) is 35.9 Å². The van der Waals surface area contributed by atoms with E-state index < -0.39 is 0 Å². The van der Waals surface area contributed by atoms with Crippen molar-refractivity contribution in [2.24, 2.45) is 11.1 Å². The quantitative estimate of drug-likeness (QED) is 0.356. The summed E-state index contributed by atoms with van der Waals surface area (Å²) >= 11 is 0. The zero-order valence-electron chi connectivity index (χ0n) is 11.9. The summed E-state index contributed by atoms with van der Waals surface area (Å²) in [6.07, 6.45) is 11.0. The van der Waals surface area contributed by atoms with Gasteiger partial charge in [-0.2, -0.15) is 0 Å². The summed E-state index contributed by atoms with van der Waals surface area (Å²) in [6, 6.07) is 11.0. The summed E-state index contributed by atoms with van der Waals surface area (Å²) in [4.78, 5) is 4.63. The fourth-order valence-corrected chi connectivity index (χ4v) is 2.80. The predicted molar refractivity (Wildman–Crippen MR) is 80.5 cm³/mol. The molecule has 2 atom stereocenters. The van der Waals surface area contributed by atoms with Gasteiger partial charge in [0.15, 0.2) is 0 Å². The number of oxime groups is 1. The molecule has 2 nitrogen and oxygen atoms in total. The maximum Gasteiger partial charge on any atom is 0.106 e. The van der Waals surface area contributed by atoms with Crippen LogP contribution in [-0.2, 0) is 4.84 Å². The van der Waals surface area contributed by atoms with Gasteiger partial charge in [-0.15, -0.1) is 0 Å². The van der Waals surface area contributed by atoms with Crippen LogP contribution in [0.2, 0.25) is 0 Å². The monoisotopic (exact) mass is 259 g/mol. The van der Waals surface area contributed by atoms with Gasteiger partial charge in [0.25, 0.3) is 0 Å². The smallest absolute Gasteiger partial charge is 0.106 e. The molecule has 2 unspecified atom stereocenters. The summed E-state index contributed by atoms with van der Waals surface area (Å²) in [6.45, 7) is 0. The highest BCUT2D eigenvalue weighted by atomic mass is 16.6. The van der Waals surface area contributed by atoms with Crippen LogP contribution in [0, 0.1) is 5.92 Å². The minimum absolute atomic E-state index is 0.857. The van der Waals surface area contributed by atoms with Crippen molar-refractivity contribution in [1.29, 1.82) is 0 Å². The summed E-state index contributed by atoms with van der Waals surface area (Å²) < 4.78 is 0. The fourth-order valence-electron chi connectivity index (χ4n) is 2.80. The van der Waals surface area contributed by atoms with E-state index in [4.69, 9.17) is 0 Å². The number of benzene rings is 1. The number of nitrogens with zero attached hydrogens (tertiary/aromatic N) is 1. The van der Waals surface area contributed by atoms with Gasteiger partial charge in [-0.1, -0.05) is 54.8 Å². The SMILES string of the molecule is CON=CCCCCCCC1CC1c1ccccc1. The molecule has 1 saturated carbocycles. The van der Waals surface area contributed by atoms with Crippen molar-refractivity contribution in [3.8, 4) is 0 Å². The highest BCUT2D eigenvalue weighted by Crippen LogP contribution is 2.50. The molecular formula is C17H25NO. The van der Waals surface area contributed by atoms with E-state index in [1.165, 1.54) is 38.5 Å². The number of hydrogen-bond donors (Lipinski definition) is 0. The molecule has 104 valence electrons. The average Bonchev–Trinajstić information content (AvgIpc) is 3.22. The van der Waals surface area contributed by atoms with Crippen molar-refractivity contribution in [1.82, 2.24) is 0 Å². The molecule has 0 bridgehead atoms. The van der Waals surface area contributed by atoms with E-state index in [0.29, 0.717) is 0 Å². The fraction of sp³-hybridized carbons (Fsp3) is 0.588. The first-order chi connectivity index (χ1) is 9.42. The van der Waals surface area contributed by atoms with Crippen LogP contribution in [-0.4, -0.2) is 13.3 Å². The molecule has 0 saturated heterocycles. The van der Waals surface area contributed by atoms with E-state index in [9.17, 15) is 0 Å². The molecule has 0 amide bonds. The Kier molecular flexibility index (Phi) is 5.93. The average molecular weight is 259 g/mol. The summed E-state index contributed by atoms with van der Waals surface area (Å²) in [5.74, 6) is 1.81.